The number of para-hydroxylation sites is 1. The molecular formula is C21H19BrN4O7. The summed E-state index contributed by atoms with van der Waals surface area (Å²) in [4.78, 5) is 59.4. The fraction of sp³-hybridized carbons (Fsp3) is 0.238. The lowest BCUT2D eigenvalue weighted by Crippen LogP contribution is -2.43. The van der Waals surface area contributed by atoms with E-state index in [0.717, 1.165) is 15.0 Å². The average molecular weight is 519 g/mol. The van der Waals surface area contributed by atoms with Gasteiger partial charge < -0.3 is 10.1 Å². The maximum Gasteiger partial charge on any atom is 0.311 e. The smallest absolute Gasteiger partial charge is 0.311 e. The number of nitrogens with one attached hydrogen (secondary N) is 2. The zero-order chi connectivity index (χ0) is 24.1. The van der Waals surface area contributed by atoms with E-state index >= 15 is 0 Å². The number of rotatable bonds is 7. The number of hydrogen-bond acceptors (Lipinski definition) is 7. The molecule has 2 aromatic rings. The van der Waals surface area contributed by atoms with Crippen LogP contribution in [0.3, 0.4) is 0 Å². The number of benzene rings is 2. The standard InChI is InChI=1S/C21H19BrN4O7/c1-12-8-14(22)6-7-16(12)23-18(27)11-33-21(30)13-9-19(28)25(10-13)24-20(29)15-4-2-3-5-17(15)26(31)32/h2-8,13H,9-11H2,1H3,(H,23,27)(H,24,29)/t13-/m0/s1. The van der Waals surface area contributed by atoms with Crippen LogP contribution >= 0.6 is 15.9 Å². The quantitative estimate of drug-likeness (QED) is 0.324. The summed E-state index contributed by atoms with van der Waals surface area (Å²) >= 11 is 3.33. The maximum atomic E-state index is 12.4. The van der Waals surface area contributed by atoms with Gasteiger partial charge in [-0.25, -0.2) is 0 Å². The summed E-state index contributed by atoms with van der Waals surface area (Å²) in [5.74, 6) is -3.62. The Morgan fingerprint density at radius 3 is 2.67 bits per heavy atom. The molecule has 1 aliphatic heterocycles. The van der Waals surface area contributed by atoms with E-state index in [9.17, 15) is 29.3 Å². The Balaban J connectivity index is 1.53. The van der Waals surface area contributed by atoms with Gasteiger partial charge in [-0.2, -0.15) is 0 Å². The first kappa shape index (κ1) is 23.9. The highest BCUT2D eigenvalue weighted by Gasteiger charge is 2.37. The molecule has 2 aromatic carbocycles. The Bertz CT molecular complexity index is 1140. The number of nitrogens with zero attached hydrogens (tertiary/aromatic N) is 2. The molecule has 0 aromatic heterocycles. The lowest BCUT2D eigenvalue weighted by Gasteiger charge is -2.17. The topological polar surface area (TPSA) is 148 Å². The SMILES string of the molecule is Cc1cc(Br)ccc1NC(=O)COC(=O)[C@H]1CC(=O)N(NC(=O)c2ccccc2[N+](=O)[O-])C1. The van der Waals surface area contributed by atoms with E-state index in [1.54, 1.807) is 12.1 Å². The molecule has 0 aliphatic carbocycles. The van der Waals surface area contributed by atoms with Crippen molar-refractivity contribution in [3.05, 3.63) is 68.2 Å². The number of esters is 1. The van der Waals surface area contributed by atoms with Crippen molar-refractivity contribution in [1.82, 2.24) is 10.4 Å². The van der Waals surface area contributed by atoms with Crippen molar-refractivity contribution in [2.45, 2.75) is 13.3 Å². The number of anilines is 1. The second-order valence-electron chi connectivity index (χ2n) is 7.24. The molecule has 0 saturated carbocycles. The third-order valence-electron chi connectivity index (χ3n) is 4.85. The van der Waals surface area contributed by atoms with Crippen LogP contribution in [-0.2, 0) is 19.1 Å². The van der Waals surface area contributed by atoms with Gasteiger partial charge >= 0.3 is 5.97 Å². The van der Waals surface area contributed by atoms with Crippen molar-refractivity contribution in [2.24, 2.45) is 5.92 Å². The van der Waals surface area contributed by atoms with Gasteiger partial charge in [0.25, 0.3) is 17.5 Å². The summed E-state index contributed by atoms with van der Waals surface area (Å²) in [5, 5.41) is 14.6. The number of carbonyl (C=O) groups is 4. The van der Waals surface area contributed by atoms with Crippen LogP contribution in [0.25, 0.3) is 0 Å². The van der Waals surface area contributed by atoms with Gasteiger partial charge in [-0.1, -0.05) is 28.1 Å². The predicted molar refractivity (Wildman–Crippen MR) is 119 cm³/mol. The zero-order valence-corrected chi connectivity index (χ0v) is 19.0. The molecule has 1 aliphatic rings. The van der Waals surface area contributed by atoms with Crippen molar-refractivity contribution < 1.29 is 28.8 Å². The number of halogens is 1. The number of aryl methyl sites for hydroxylation is 1. The Hall–Kier alpha value is -3.80. The van der Waals surface area contributed by atoms with Crippen LogP contribution in [-0.4, -0.2) is 46.8 Å². The van der Waals surface area contributed by atoms with Gasteiger partial charge in [0, 0.05) is 22.6 Å². The maximum absolute atomic E-state index is 12.4. The molecule has 0 unspecified atom stereocenters. The van der Waals surface area contributed by atoms with Crippen LogP contribution in [0.1, 0.15) is 22.3 Å². The first-order valence-corrected chi connectivity index (χ1v) is 10.5. The van der Waals surface area contributed by atoms with E-state index in [2.05, 4.69) is 26.7 Å². The summed E-state index contributed by atoms with van der Waals surface area (Å²) in [5.41, 5.74) is 3.03. The molecule has 33 heavy (non-hydrogen) atoms. The number of hydrazine groups is 1. The van der Waals surface area contributed by atoms with Crippen LogP contribution in [0.15, 0.2) is 46.9 Å². The highest BCUT2D eigenvalue weighted by Crippen LogP contribution is 2.22. The molecule has 0 bridgehead atoms. The summed E-state index contributed by atoms with van der Waals surface area (Å²) in [6.45, 7) is 1.09. The number of hydrogen-bond donors (Lipinski definition) is 2. The van der Waals surface area contributed by atoms with E-state index in [4.69, 9.17) is 4.74 Å². The van der Waals surface area contributed by atoms with E-state index in [0.29, 0.717) is 5.69 Å². The highest BCUT2D eigenvalue weighted by atomic mass is 79.9. The third-order valence-corrected chi connectivity index (χ3v) is 5.34. The highest BCUT2D eigenvalue weighted by molar-refractivity contribution is 9.10. The van der Waals surface area contributed by atoms with Crippen molar-refractivity contribution in [3.8, 4) is 0 Å². The minimum Gasteiger partial charge on any atom is -0.455 e. The minimum atomic E-state index is -0.897. The molecule has 172 valence electrons. The van der Waals surface area contributed by atoms with Crippen LogP contribution in [0, 0.1) is 23.0 Å². The summed E-state index contributed by atoms with van der Waals surface area (Å²) in [6.07, 6.45) is -0.233. The number of nitro groups is 1. The largest absolute Gasteiger partial charge is 0.455 e. The van der Waals surface area contributed by atoms with Crippen LogP contribution < -0.4 is 10.7 Å². The Kier molecular flexibility index (Phi) is 7.38. The Morgan fingerprint density at radius 2 is 1.97 bits per heavy atom. The average Bonchev–Trinajstić information content (AvgIpc) is 3.14. The zero-order valence-electron chi connectivity index (χ0n) is 17.4. The number of nitro benzene ring substituents is 1. The van der Waals surface area contributed by atoms with E-state index < -0.39 is 46.8 Å². The van der Waals surface area contributed by atoms with Crippen molar-refractivity contribution in [2.75, 3.05) is 18.5 Å². The van der Waals surface area contributed by atoms with Crippen LogP contribution in [0.2, 0.25) is 0 Å². The van der Waals surface area contributed by atoms with Gasteiger partial charge in [0.15, 0.2) is 6.61 Å². The molecule has 0 radical (unpaired) electrons. The van der Waals surface area contributed by atoms with Crippen LogP contribution in [0.4, 0.5) is 11.4 Å². The molecule has 2 N–H and O–H groups in total. The van der Waals surface area contributed by atoms with E-state index in [-0.39, 0.29) is 18.5 Å². The second kappa shape index (κ2) is 10.2. The normalized spacial score (nSPS) is 15.2. The molecule has 1 heterocycles. The number of ether oxygens (including phenoxy) is 1. The first-order chi connectivity index (χ1) is 15.7. The van der Waals surface area contributed by atoms with Gasteiger partial charge in [-0.05, 0) is 36.8 Å². The summed E-state index contributed by atoms with van der Waals surface area (Å²) in [6, 6.07) is 10.6. The first-order valence-electron chi connectivity index (χ1n) is 9.73. The fourth-order valence-corrected chi connectivity index (χ4v) is 3.66. The molecule has 3 rings (SSSR count). The molecule has 1 fully saturated rings. The van der Waals surface area contributed by atoms with Gasteiger partial charge in [-0.15, -0.1) is 0 Å². The van der Waals surface area contributed by atoms with E-state index in [1.807, 2.05) is 13.0 Å². The Labute approximate surface area is 196 Å². The number of carbonyl (C=O) groups excluding carboxylic acids is 4. The van der Waals surface area contributed by atoms with Crippen molar-refractivity contribution in [3.63, 3.8) is 0 Å². The fourth-order valence-electron chi connectivity index (χ4n) is 3.19. The van der Waals surface area contributed by atoms with Crippen LogP contribution in [0.5, 0.6) is 0 Å². The summed E-state index contributed by atoms with van der Waals surface area (Å²) in [7, 11) is 0. The monoisotopic (exact) mass is 518 g/mol. The molecule has 3 amide bonds. The summed E-state index contributed by atoms with van der Waals surface area (Å²) < 4.78 is 5.87. The number of amides is 3. The van der Waals surface area contributed by atoms with Gasteiger partial charge in [0.05, 0.1) is 17.4 Å². The molecular weight excluding hydrogens is 500 g/mol. The third kappa shape index (κ3) is 5.92. The minimum absolute atomic E-state index is 0.183. The van der Waals surface area contributed by atoms with Gasteiger partial charge in [-0.3, -0.25) is 39.7 Å². The Morgan fingerprint density at radius 1 is 1.24 bits per heavy atom. The van der Waals surface area contributed by atoms with Gasteiger partial charge in [0.1, 0.15) is 5.56 Å². The van der Waals surface area contributed by atoms with Crippen molar-refractivity contribution in [1.29, 1.82) is 0 Å². The lowest BCUT2D eigenvalue weighted by molar-refractivity contribution is -0.385. The lowest BCUT2D eigenvalue weighted by atomic mass is 10.1. The van der Waals surface area contributed by atoms with E-state index in [1.165, 1.54) is 24.3 Å². The predicted octanol–water partition coefficient (Wildman–Crippen LogP) is 2.34. The molecule has 0 spiro atoms. The van der Waals surface area contributed by atoms with Gasteiger partial charge in [0.2, 0.25) is 5.91 Å². The molecule has 12 heteroatoms. The molecule has 11 nitrogen and oxygen atoms in total. The second-order valence-corrected chi connectivity index (χ2v) is 8.15. The van der Waals surface area contributed by atoms with Crippen molar-refractivity contribution >= 4 is 51.0 Å². The molecule has 1 atom stereocenters. The molecule has 1 saturated heterocycles.